The zero-order chi connectivity index (χ0) is 17.1. The molecule has 0 spiro atoms. The summed E-state index contributed by atoms with van der Waals surface area (Å²) >= 11 is 5.94. The van der Waals surface area contributed by atoms with Gasteiger partial charge in [-0.3, -0.25) is 9.48 Å². The van der Waals surface area contributed by atoms with Gasteiger partial charge in [-0.05, 0) is 31.0 Å². The van der Waals surface area contributed by atoms with Crippen LogP contribution in [0.4, 0.5) is 0 Å². The van der Waals surface area contributed by atoms with Gasteiger partial charge in [0.25, 0.3) is 5.91 Å². The topological polar surface area (TPSA) is 47.4 Å². The summed E-state index contributed by atoms with van der Waals surface area (Å²) < 4.78 is 7.73. The van der Waals surface area contributed by atoms with Crippen molar-refractivity contribution in [3.63, 3.8) is 0 Å². The van der Waals surface area contributed by atoms with E-state index in [0.717, 1.165) is 24.2 Å². The Morgan fingerprint density at radius 1 is 1.38 bits per heavy atom. The first-order chi connectivity index (χ1) is 11.6. The molecule has 0 saturated carbocycles. The van der Waals surface area contributed by atoms with Gasteiger partial charge in [-0.2, -0.15) is 5.10 Å². The van der Waals surface area contributed by atoms with E-state index in [1.807, 2.05) is 40.8 Å². The summed E-state index contributed by atoms with van der Waals surface area (Å²) in [6, 6.07) is 7.59. The van der Waals surface area contributed by atoms with Crippen molar-refractivity contribution < 1.29 is 9.53 Å². The average Bonchev–Trinajstić information content (AvgIpc) is 2.96. The normalized spacial score (nSPS) is 18.0. The predicted octanol–water partition coefficient (Wildman–Crippen LogP) is 3.47. The van der Waals surface area contributed by atoms with Crippen molar-refractivity contribution >= 4 is 17.5 Å². The highest BCUT2D eigenvalue weighted by Crippen LogP contribution is 2.25. The summed E-state index contributed by atoms with van der Waals surface area (Å²) in [6.07, 6.45) is 2.55. The molecule has 1 aromatic carbocycles. The molecule has 2 heterocycles. The number of aryl methyl sites for hydroxylation is 1. The third-order valence-electron chi connectivity index (χ3n) is 4.36. The molecule has 1 atom stereocenters. The highest BCUT2D eigenvalue weighted by atomic mass is 35.5. The van der Waals surface area contributed by atoms with E-state index in [1.165, 1.54) is 0 Å². The molecule has 6 heteroatoms. The molecule has 1 aromatic heterocycles. The predicted molar refractivity (Wildman–Crippen MR) is 93.3 cm³/mol. The zero-order valence-corrected chi connectivity index (χ0v) is 14.8. The second-order valence-corrected chi connectivity index (χ2v) is 6.47. The van der Waals surface area contributed by atoms with Gasteiger partial charge in [0.1, 0.15) is 6.10 Å². The zero-order valence-electron chi connectivity index (χ0n) is 14.0. The fourth-order valence-electron chi connectivity index (χ4n) is 2.98. The maximum absolute atomic E-state index is 12.9. The van der Waals surface area contributed by atoms with Crippen LogP contribution in [0.2, 0.25) is 5.02 Å². The Morgan fingerprint density at radius 2 is 2.12 bits per heavy atom. The Labute approximate surface area is 147 Å². The highest BCUT2D eigenvalue weighted by molar-refractivity contribution is 6.30. The van der Waals surface area contributed by atoms with Crippen LogP contribution in [-0.2, 0) is 11.3 Å². The van der Waals surface area contributed by atoms with Crippen molar-refractivity contribution in [2.75, 3.05) is 19.7 Å². The van der Waals surface area contributed by atoms with E-state index in [-0.39, 0.29) is 12.0 Å². The van der Waals surface area contributed by atoms with Crippen molar-refractivity contribution in [1.29, 1.82) is 0 Å². The van der Waals surface area contributed by atoms with E-state index in [2.05, 4.69) is 12.0 Å². The molecule has 1 amide bonds. The number of nitrogens with zero attached hydrogens (tertiary/aromatic N) is 3. The van der Waals surface area contributed by atoms with Crippen LogP contribution in [-0.4, -0.2) is 40.3 Å². The molecule has 0 unspecified atom stereocenters. The average molecular weight is 348 g/mol. The summed E-state index contributed by atoms with van der Waals surface area (Å²) in [5.41, 5.74) is 2.65. The van der Waals surface area contributed by atoms with Gasteiger partial charge in [0.05, 0.1) is 24.9 Å². The van der Waals surface area contributed by atoms with Crippen LogP contribution in [0.25, 0.3) is 0 Å². The van der Waals surface area contributed by atoms with E-state index in [4.69, 9.17) is 16.3 Å². The van der Waals surface area contributed by atoms with Crippen molar-refractivity contribution in [2.24, 2.45) is 0 Å². The summed E-state index contributed by atoms with van der Waals surface area (Å²) in [5, 5.41) is 5.03. The Bertz CT molecular complexity index is 712. The first kappa shape index (κ1) is 17.0. The van der Waals surface area contributed by atoms with Crippen LogP contribution in [0.15, 0.2) is 30.5 Å². The van der Waals surface area contributed by atoms with Gasteiger partial charge in [-0.1, -0.05) is 30.7 Å². The number of amides is 1. The lowest BCUT2D eigenvalue weighted by Crippen LogP contribution is -2.42. The molecule has 1 fully saturated rings. The quantitative estimate of drug-likeness (QED) is 0.850. The van der Waals surface area contributed by atoms with E-state index in [9.17, 15) is 4.79 Å². The fraction of sp³-hybridized carbons (Fsp3) is 0.444. The first-order valence-corrected chi connectivity index (χ1v) is 8.66. The number of rotatable bonds is 4. The lowest BCUT2D eigenvalue weighted by molar-refractivity contribution is -0.0228. The number of ether oxygens (including phenoxy) is 1. The number of halogens is 1. The molecule has 0 N–H and O–H groups in total. The molecule has 3 rings (SSSR count). The monoisotopic (exact) mass is 347 g/mol. The van der Waals surface area contributed by atoms with Crippen molar-refractivity contribution in [3.8, 4) is 0 Å². The molecule has 128 valence electrons. The summed E-state index contributed by atoms with van der Waals surface area (Å²) in [5.74, 6) is 0.0251. The SMILES string of the molecule is CCCn1ncc(C(=O)N2CCO[C@H](c3ccc(Cl)cc3)C2)c1C. The van der Waals surface area contributed by atoms with Crippen molar-refractivity contribution in [3.05, 3.63) is 52.3 Å². The Morgan fingerprint density at radius 3 is 2.83 bits per heavy atom. The molecule has 1 aliphatic rings. The van der Waals surface area contributed by atoms with Gasteiger partial charge in [0, 0.05) is 23.8 Å². The van der Waals surface area contributed by atoms with E-state index in [1.54, 1.807) is 6.20 Å². The lowest BCUT2D eigenvalue weighted by Gasteiger charge is -2.33. The maximum Gasteiger partial charge on any atom is 0.257 e. The van der Waals surface area contributed by atoms with Crippen LogP contribution in [0.3, 0.4) is 0 Å². The van der Waals surface area contributed by atoms with E-state index in [0.29, 0.717) is 30.3 Å². The molecule has 0 radical (unpaired) electrons. The summed E-state index contributed by atoms with van der Waals surface area (Å²) in [7, 11) is 0. The molecule has 5 nitrogen and oxygen atoms in total. The maximum atomic E-state index is 12.9. The number of carbonyl (C=O) groups excluding carboxylic acids is 1. The molecular formula is C18H22ClN3O2. The number of hydrogen-bond acceptors (Lipinski definition) is 3. The number of aromatic nitrogens is 2. The number of carbonyl (C=O) groups is 1. The Balaban J connectivity index is 1.74. The van der Waals surface area contributed by atoms with E-state index < -0.39 is 0 Å². The smallest absolute Gasteiger partial charge is 0.257 e. The van der Waals surface area contributed by atoms with Gasteiger partial charge in [-0.15, -0.1) is 0 Å². The molecule has 0 bridgehead atoms. The van der Waals surface area contributed by atoms with Crippen LogP contribution in [0.1, 0.15) is 41.1 Å². The molecule has 2 aromatic rings. The van der Waals surface area contributed by atoms with Crippen molar-refractivity contribution in [1.82, 2.24) is 14.7 Å². The largest absolute Gasteiger partial charge is 0.370 e. The van der Waals surface area contributed by atoms with Gasteiger partial charge >= 0.3 is 0 Å². The van der Waals surface area contributed by atoms with Crippen molar-refractivity contribution in [2.45, 2.75) is 32.9 Å². The van der Waals surface area contributed by atoms with Gasteiger partial charge < -0.3 is 9.64 Å². The van der Waals surface area contributed by atoms with Crippen LogP contribution < -0.4 is 0 Å². The molecule has 24 heavy (non-hydrogen) atoms. The minimum absolute atomic E-state index is 0.0251. The summed E-state index contributed by atoms with van der Waals surface area (Å²) in [6.45, 7) is 6.55. The third kappa shape index (κ3) is 3.47. The molecule has 1 aliphatic heterocycles. The van der Waals surface area contributed by atoms with Gasteiger partial charge in [0.2, 0.25) is 0 Å². The van der Waals surface area contributed by atoms with Crippen LogP contribution >= 0.6 is 11.6 Å². The van der Waals surface area contributed by atoms with E-state index >= 15 is 0 Å². The second-order valence-electron chi connectivity index (χ2n) is 6.03. The minimum atomic E-state index is -0.119. The first-order valence-electron chi connectivity index (χ1n) is 8.29. The molecule has 1 saturated heterocycles. The fourth-order valence-corrected chi connectivity index (χ4v) is 3.10. The standard InChI is InChI=1S/C18H22ClN3O2/c1-3-8-22-13(2)16(11-20-22)18(23)21-9-10-24-17(12-21)14-4-6-15(19)7-5-14/h4-7,11,17H,3,8-10,12H2,1-2H3/t17-/m0/s1. The molecular weight excluding hydrogens is 326 g/mol. The lowest BCUT2D eigenvalue weighted by atomic mass is 10.1. The second kappa shape index (κ2) is 7.36. The van der Waals surface area contributed by atoms with Crippen LogP contribution in [0, 0.1) is 6.92 Å². The number of hydrogen-bond donors (Lipinski definition) is 0. The highest BCUT2D eigenvalue weighted by Gasteiger charge is 2.28. The summed E-state index contributed by atoms with van der Waals surface area (Å²) in [4.78, 5) is 14.7. The number of morpholine rings is 1. The minimum Gasteiger partial charge on any atom is -0.370 e. The van der Waals surface area contributed by atoms with Crippen LogP contribution in [0.5, 0.6) is 0 Å². The Hall–Kier alpha value is -1.85. The van der Waals surface area contributed by atoms with Gasteiger partial charge in [0.15, 0.2) is 0 Å². The van der Waals surface area contributed by atoms with Gasteiger partial charge in [-0.25, -0.2) is 0 Å². The molecule has 0 aliphatic carbocycles. The third-order valence-corrected chi connectivity index (χ3v) is 4.62. The Kier molecular flexibility index (Phi) is 5.21. The number of benzene rings is 1.